The Morgan fingerprint density at radius 3 is 2.73 bits per heavy atom. The highest BCUT2D eigenvalue weighted by Crippen LogP contribution is 2.13. The van der Waals surface area contributed by atoms with Gasteiger partial charge in [-0.2, -0.15) is 0 Å². The molecule has 1 aromatic heterocycles. The van der Waals surface area contributed by atoms with Gasteiger partial charge >= 0.3 is 5.97 Å². The minimum atomic E-state index is -0.384. The Morgan fingerprint density at radius 2 is 2.14 bits per heavy atom. The van der Waals surface area contributed by atoms with Crippen LogP contribution in [0, 0.1) is 0 Å². The van der Waals surface area contributed by atoms with E-state index in [2.05, 4.69) is 16.6 Å². The first kappa shape index (κ1) is 14.5. The van der Waals surface area contributed by atoms with Gasteiger partial charge in [0.2, 0.25) is 0 Å². The second kappa shape index (κ2) is 7.54. The number of esters is 1. The van der Waals surface area contributed by atoms with Crippen LogP contribution in [-0.4, -0.2) is 28.9 Å². The summed E-state index contributed by atoms with van der Waals surface area (Å²) < 4.78 is 14.3. The van der Waals surface area contributed by atoms with Gasteiger partial charge in [0, 0.05) is 13.0 Å². The largest absolute Gasteiger partial charge is 0.465 e. The summed E-state index contributed by atoms with van der Waals surface area (Å²) in [5.41, 5.74) is 1.69. The molecule has 22 heavy (non-hydrogen) atoms. The number of carbonyl (C=O) groups excluding carboxylic acids is 2. The van der Waals surface area contributed by atoms with Crippen LogP contribution >= 0.6 is 0 Å². The van der Waals surface area contributed by atoms with Crippen LogP contribution < -0.4 is 0 Å². The Bertz CT molecular complexity index is 693. The molecule has 0 aliphatic rings. The number of hydrogen-bond donors (Lipinski definition) is 0. The van der Waals surface area contributed by atoms with Crippen LogP contribution in [-0.2, 0) is 17.7 Å². The lowest BCUT2D eigenvalue weighted by Gasteiger charge is -2.10. The topological polar surface area (TPSA) is 61.2 Å². The van der Waals surface area contributed by atoms with Gasteiger partial charge in [-0.1, -0.05) is 25.5 Å². The van der Waals surface area contributed by atoms with Gasteiger partial charge in [-0.3, -0.25) is 4.79 Å². The maximum absolute atomic E-state index is 11.5. The predicted octanol–water partition coefficient (Wildman–Crippen LogP) is 2.87. The first-order valence-electron chi connectivity index (χ1n) is 7.79. The molecule has 0 spiro atoms. The van der Waals surface area contributed by atoms with E-state index in [1.54, 1.807) is 16.7 Å². The number of ether oxygens (including phenoxy) is 1. The predicted molar refractivity (Wildman–Crippen MR) is 83.1 cm³/mol. The van der Waals surface area contributed by atoms with Crippen LogP contribution in [0.2, 0.25) is 0 Å². The van der Waals surface area contributed by atoms with E-state index in [0.717, 1.165) is 30.7 Å². The molecule has 0 fully saturated rings. The molecule has 116 valence electrons. The first-order valence-corrected chi connectivity index (χ1v) is 7.29. The van der Waals surface area contributed by atoms with E-state index in [-0.39, 0.29) is 17.8 Å². The fourth-order valence-electron chi connectivity index (χ4n) is 2.22. The zero-order chi connectivity index (χ0) is 16.8. The maximum Gasteiger partial charge on any atom is 0.337 e. The van der Waals surface area contributed by atoms with Crippen LogP contribution in [0.25, 0.3) is 0 Å². The van der Waals surface area contributed by atoms with Crippen LogP contribution in [0.1, 0.15) is 53.4 Å². The van der Waals surface area contributed by atoms with Crippen molar-refractivity contribution >= 4 is 12.3 Å². The van der Waals surface area contributed by atoms with Crippen LogP contribution in [0.5, 0.6) is 0 Å². The summed E-state index contributed by atoms with van der Waals surface area (Å²) in [7, 11) is 1.34. The smallest absolute Gasteiger partial charge is 0.337 e. The molecule has 0 unspecified atom stereocenters. The van der Waals surface area contributed by atoms with E-state index in [9.17, 15) is 9.59 Å². The van der Waals surface area contributed by atoms with Crippen LogP contribution in [0.3, 0.4) is 0 Å². The molecule has 0 N–H and O–H groups in total. The van der Waals surface area contributed by atoms with Crippen LogP contribution in [0.15, 0.2) is 30.4 Å². The van der Waals surface area contributed by atoms with E-state index in [1.807, 2.05) is 12.1 Å². The van der Waals surface area contributed by atoms with E-state index < -0.39 is 0 Å². The zero-order valence-electron chi connectivity index (χ0n) is 13.8. The second-order valence-electron chi connectivity index (χ2n) is 5.02. The lowest BCUT2D eigenvalue weighted by Crippen LogP contribution is -2.09. The highest BCUT2D eigenvalue weighted by atomic mass is 16.5. The van der Waals surface area contributed by atoms with Gasteiger partial charge < -0.3 is 9.30 Å². The monoisotopic (exact) mass is 302 g/mol. The molecule has 2 aromatic rings. The quantitative estimate of drug-likeness (QED) is 0.583. The average molecular weight is 302 g/mol. The number of nitrogens with zero attached hydrogens (tertiary/aromatic N) is 2. The number of aryl methyl sites for hydroxylation is 1. The molecule has 0 saturated carbocycles. The van der Waals surface area contributed by atoms with Gasteiger partial charge in [0.15, 0.2) is 6.29 Å². The summed E-state index contributed by atoms with van der Waals surface area (Å²) in [6, 6.07) is 7.00. The van der Waals surface area contributed by atoms with E-state index in [4.69, 9.17) is 1.37 Å². The number of methoxy groups -OCH3 is 1. The molecule has 0 aliphatic heterocycles. The Labute approximate surface area is 131 Å². The fourth-order valence-corrected chi connectivity index (χ4v) is 2.22. The van der Waals surface area contributed by atoms with Crippen molar-refractivity contribution in [3.63, 3.8) is 0 Å². The summed E-state index contributed by atoms with van der Waals surface area (Å²) >= 11 is 0. The third-order valence-electron chi connectivity index (χ3n) is 3.48. The number of rotatable bonds is 7. The SMILES string of the molecule is [3H]c1nc(CCCC)n(Cc2ccc(C(=O)OC)cc2)c1C=O. The molecule has 1 aromatic carbocycles. The van der Waals surface area contributed by atoms with Gasteiger partial charge in [0.25, 0.3) is 0 Å². The number of unbranched alkanes of at least 4 members (excludes halogenated alkanes) is 1. The molecule has 0 atom stereocenters. The second-order valence-corrected chi connectivity index (χ2v) is 5.02. The molecule has 0 radical (unpaired) electrons. The Kier molecular flexibility index (Phi) is 4.97. The number of aromatic nitrogens is 2. The molecule has 5 heteroatoms. The molecular formula is C17H20N2O3. The Hall–Kier alpha value is -2.43. The minimum Gasteiger partial charge on any atom is -0.465 e. The van der Waals surface area contributed by atoms with Gasteiger partial charge in [-0.25, -0.2) is 9.78 Å². The van der Waals surface area contributed by atoms with E-state index in [0.29, 0.717) is 18.4 Å². The number of imidazole rings is 1. The van der Waals surface area contributed by atoms with Gasteiger partial charge in [-0.05, 0) is 24.1 Å². The van der Waals surface area contributed by atoms with Crippen molar-refractivity contribution in [2.45, 2.75) is 32.7 Å². The fraction of sp³-hybridized carbons (Fsp3) is 0.353. The van der Waals surface area contributed by atoms with Gasteiger partial charge in [0.05, 0.1) is 20.2 Å². The van der Waals surface area contributed by atoms with Crippen molar-refractivity contribution < 1.29 is 15.7 Å². The van der Waals surface area contributed by atoms with Crippen molar-refractivity contribution in [3.8, 4) is 0 Å². The lowest BCUT2D eigenvalue weighted by atomic mass is 10.1. The summed E-state index contributed by atoms with van der Waals surface area (Å²) in [4.78, 5) is 26.9. The van der Waals surface area contributed by atoms with E-state index >= 15 is 0 Å². The van der Waals surface area contributed by atoms with Crippen LogP contribution in [0.4, 0.5) is 0 Å². The summed E-state index contributed by atoms with van der Waals surface area (Å²) in [6.07, 6.45) is 3.39. The van der Waals surface area contributed by atoms with Crippen molar-refractivity contribution in [3.05, 3.63) is 53.1 Å². The number of benzene rings is 1. The molecule has 2 rings (SSSR count). The highest BCUT2D eigenvalue weighted by Gasteiger charge is 2.10. The van der Waals surface area contributed by atoms with Crippen molar-refractivity contribution in [1.29, 1.82) is 0 Å². The number of carbonyl (C=O) groups is 2. The highest BCUT2D eigenvalue weighted by molar-refractivity contribution is 5.89. The number of hydrogen-bond acceptors (Lipinski definition) is 4. The number of aldehydes is 1. The summed E-state index contributed by atoms with van der Waals surface area (Å²) in [5, 5.41) is 0. The first-order chi connectivity index (χ1) is 11.1. The normalized spacial score (nSPS) is 11.1. The molecule has 5 nitrogen and oxygen atoms in total. The Balaban J connectivity index is 2.27. The van der Waals surface area contributed by atoms with Crippen molar-refractivity contribution in [1.82, 2.24) is 9.55 Å². The molecule has 0 aliphatic carbocycles. The summed E-state index contributed by atoms with van der Waals surface area (Å²) in [6.45, 7) is 2.53. The maximum atomic E-state index is 11.5. The molecule has 1 heterocycles. The average Bonchev–Trinajstić information content (AvgIpc) is 2.87. The lowest BCUT2D eigenvalue weighted by molar-refractivity contribution is 0.0600. The zero-order valence-corrected chi connectivity index (χ0v) is 12.8. The minimum absolute atomic E-state index is 0.0114. The Morgan fingerprint density at radius 1 is 1.41 bits per heavy atom. The third-order valence-corrected chi connectivity index (χ3v) is 3.48. The van der Waals surface area contributed by atoms with E-state index in [1.165, 1.54) is 7.11 Å². The molecular weight excluding hydrogens is 280 g/mol. The van der Waals surface area contributed by atoms with Crippen molar-refractivity contribution in [2.24, 2.45) is 0 Å². The van der Waals surface area contributed by atoms with Gasteiger partial charge in [0.1, 0.15) is 11.5 Å². The molecule has 0 saturated heterocycles. The van der Waals surface area contributed by atoms with Crippen molar-refractivity contribution in [2.75, 3.05) is 7.11 Å². The summed E-state index contributed by atoms with van der Waals surface area (Å²) in [5.74, 6) is 0.362. The molecule has 0 amide bonds. The standard InChI is InChI=1S/C17H20N2O3/c1-3-4-5-16-18-10-15(12-20)19(16)11-13-6-8-14(9-7-13)17(21)22-2/h6-10,12H,3-5,11H2,1-2H3/i10T. The molecule has 0 bridgehead atoms. The third kappa shape index (κ3) is 3.61. The van der Waals surface area contributed by atoms with Gasteiger partial charge in [-0.15, -0.1) is 0 Å².